The van der Waals surface area contributed by atoms with Crippen molar-refractivity contribution < 1.29 is 4.74 Å². The zero-order chi connectivity index (χ0) is 14.3. The fraction of sp³-hybridized carbons (Fsp3) is 0.0500. The molecular formula is C20H17O. The molecule has 3 aromatic carbocycles. The molecule has 103 valence electrons. The van der Waals surface area contributed by atoms with E-state index in [0.29, 0.717) is 6.61 Å². The molecule has 0 unspecified atom stereocenters. The third-order valence-electron chi connectivity index (χ3n) is 3.30. The van der Waals surface area contributed by atoms with Crippen molar-refractivity contribution in [1.29, 1.82) is 0 Å². The average molecular weight is 273 g/mol. The molecule has 1 radical (unpaired) electrons. The van der Waals surface area contributed by atoms with Gasteiger partial charge in [-0.15, -0.1) is 0 Å². The Bertz CT molecular complexity index is 608. The van der Waals surface area contributed by atoms with E-state index in [4.69, 9.17) is 4.74 Å². The molecule has 1 heteroatoms. The molecule has 0 saturated heterocycles. The van der Waals surface area contributed by atoms with Crippen LogP contribution in [0.1, 0.15) is 16.7 Å². The first-order valence-electron chi connectivity index (χ1n) is 7.08. The van der Waals surface area contributed by atoms with Crippen LogP contribution in [0.4, 0.5) is 0 Å². The lowest BCUT2D eigenvalue weighted by Crippen LogP contribution is -2.07. The average Bonchev–Trinajstić information content (AvgIpc) is 2.58. The minimum atomic E-state index is 0.569. The maximum Gasteiger partial charge on any atom is 0.156 e. The molecule has 0 aliphatic heterocycles. The van der Waals surface area contributed by atoms with Gasteiger partial charge in [0, 0.05) is 0 Å². The Hall–Kier alpha value is -2.38. The predicted octanol–water partition coefficient (Wildman–Crippen LogP) is 4.83. The van der Waals surface area contributed by atoms with Crippen LogP contribution in [0.25, 0.3) is 0 Å². The quantitative estimate of drug-likeness (QED) is 0.647. The highest BCUT2D eigenvalue weighted by Crippen LogP contribution is 2.25. The summed E-state index contributed by atoms with van der Waals surface area (Å²) in [5.74, 6) is 0. The zero-order valence-corrected chi connectivity index (χ0v) is 11.8. The molecular weight excluding hydrogens is 256 g/mol. The number of hydrogen-bond acceptors (Lipinski definition) is 1. The van der Waals surface area contributed by atoms with E-state index >= 15 is 0 Å². The molecule has 0 fully saturated rings. The summed E-state index contributed by atoms with van der Waals surface area (Å²) < 4.78 is 6.12. The Morgan fingerprint density at radius 3 is 1.48 bits per heavy atom. The van der Waals surface area contributed by atoms with Crippen LogP contribution in [0.3, 0.4) is 0 Å². The second-order valence-corrected chi connectivity index (χ2v) is 4.84. The standard InChI is InChI=1S/C20H17O/c1-4-10-17(11-5-1)16-21-20(18-12-6-2-7-13-18)19-14-8-3-9-15-19/h1-15H,16H2. The molecule has 3 aromatic rings. The monoisotopic (exact) mass is 273 g/mol. The van der Waals surface area contributed by atoms with E-state index in [2.05, 4.69) is 36.4 Å². The SMILES string of the molecule is c1ccc(CO[C](c2ccccc2)c2ccccc2)cc1. The van der Waals surface area contributed by atoms with Crippen LogP contribution in [0, 0.1) is 6.10 Å². The van der Waals surface area contributed by atoms with Crippen LogP contribution >= 0.6 is 0 Å². The van der Waals surface area contributed by atoms with Crippen molar-refractivity contribution in [3.05, 3.63) is 114 Å². The van der Waals surface area contributed by atoms with E-state index < -0.39 is 0 Å². The molecule has 0 aliphatic carbocycles. The van der Waals surface area contributed by atoms with E-state index in [9.17, 15) is 0 Å². The van der Waals surface area contributed by atoms with Crippen molar-refractivity contribution in [1.82, 2.24) is 0 Å². The first kappa shape index (κ1) is 13.6. The van der Waals surface area contributed by atoms with Crippen LogP contribution < -0.4 is 0 Å². The summed E-state index contributed by atoms with van der Waals surface area (Å²) in [6.45, 7) is 0.569. The number of ether oxygens (including phenoxy) is 1. The molecule has 0 bridgehead atoms. The molecule has 0 aliphatic rings. The van der Waals surface area contributed by atoms with Gasteiger partial charge in [0.05, 0.1) is 6.61 Å². The summed E-state index contributed by atoms with van der Waals surface area (Å²) in [6, 6.07) is 30.7. The maximum atomic E-state index is 6.12. The molecule has 0 heterocycles. The third kappa shape index (κ3) is 3.59. The minimum Gasteiger partial charge on any atom is -0.357 e. The van der Waals surface area contributed by atoms with E-state index in [1.54, 1.807) is 0 Å². The summed E-state index contributed by atoms with van der Waals surface area (Å²) in [6.07, 6.45) is 0.917. The summed E-state index contributed by atoms with van der Waals surface area (Å²) in [5, 5.41) is 0. The Morgan fingerprint density at radius 2 is 1.00 bits per heavy atom. The summed E-state index contributed by atoms with van der Waals surface area (Å²) in [4.78, 5) is 0. The predicted molar refractivity (Wildman–Crippen MR) is 85.6 cm³/mol. The second kappa shape index (κ2) is 6.87. The molecule has 0 N–H and O–H groups in total. The largest absolute Gasteiger partial charge is 0.357 e. The van der Waals surface area contributed by atoms with Crippen molar-refractivity contribution in [2.24, 2.45) is 0 Å². The Balaban J connectivity index is 1.83. The van der Waals surface area contributed by atoms with E-state index in [1.165, 1.54) is 5.56 Å². The van der Waals surface area contributed by atoms with Crippen LogP contribution in [0.2, 0.25) is 0 Å². The Labute approximate surface area is 125 Å². The number of hydrogen-bond donors (Lipinski definition) is 0. The summed E-state index contributed by atoms with van der Waals surface area (Å²) in [5.41, 5.74) is 3.36. The lowest BCUT2D eigenvalue weighted by atomic mass is 10.0. The van der Waals surface area contributed by atoms with Crippen molar-refractivity contribution in [2.45, 2.75) is 6.61 Å². The Morgan fingerprint density at radius 1 is 0.571 bits per heavy atom. The lowest BCUT2D eigenvalue weighted by Gasteiger charge is -2.17. The maximum absolute atomic E-state index is 6.12. The smallest absolute Gasteiger partial charge is 0.156 e. The van der Waals surface area contributed by atoms with Gasteiger partial charge in [-0.3, -0.25) is 0 Å². The van der Waals surface area contributed by atoms with Gasteiger partial charge in [0.15, 0.2) is 6.10 Å². The van der Waals surface area contributed by atoms with Crippen LogP contribution in [-0.2, 0) is 11.3 Å². The minimum absolute atomic E-state index is 0.569. The fourth-order valence-corrected chi connectivity index (χ4v) is 2.24. The lowest BCUT2D eigenvalue weighted by molar-refractivity contribution is 0.162. The van der Waals surface area contributed by atoms with Crippen molar-refractivity contribution in [2.75, 3.05) is 0 Å². The van der Waals surface area contributed by atoms with Gasteiger partial charge in [0.2, 0.25) is 0 Å². The first-order valence-corrected chi connectivity index (χ1v) is 7.08. The van der Waals surface area contributed by atoms with Gasteiger partial charge in [-0.2, -0.15) is 0 Å². The third-order valence-corrected chi connectivity index (χ3v) is 3.30. The van der Waals surface area contributed by atoms with Crippen LogP contribution in [-0.4, -0.2) is 0 Å². The highest BCUT2D eigenvalue weighted by molar-refractivity contribution is 5.41. The molecule has 3 rings (SSSR count). The van der Waals surface area contributed by atoms with Crippen LogP contribution in [0.5, 0.6) is 0 Å². The van der Waals surface area contributed by atoms with Crippen LogP contribution in [0.15, 0.2) is 91.0 Å². The molecule has 0 atom stereocenters. The van der Waals surface area contributed by atoms with Gasteiger partial charge < -0.3 is 4.74 Å². The van der Waals surface area contributed by atoms with Gasteiger partial charge in [0.1, 0.15) is 0 Å². The van der Waals surface area contributed by atoms with E-state index in [1.807, 2.05) is 54.6 Å². The molecule has 0 amide bonds. The molecule has 21 heavy (non-hydrogen) atoms. The van der Waals surface area contributed by atoms with Gasteiger partial charge in [-0.05, 0) is 16.7 Å². The summed E-state index contributed by atoms with van der Waals surface area (Å²) >= 11 is 0. The molecule has 0 aromatic heterocycles. The molecule has 0 spiro atoms. The van der Waals surface area contributed by atoms with E-state index in [0.717, 1.165) is 17.2 Å². The first-order chi connectivity index (χ1) is 10.4. The molecule has 0 saturated carbocycles. The summed E-state index contributed by atoms with van der Waals surface area (Å²) in [7, 11) is 0. The van der Waals surface area contributed by atoms with Gasteiger partial charge in [-0.1, -0.05) is 91.0 Å². The fourth-order valence-electron chi connectivity index (χ4n) is 2.24. The normalized spacial score (nSPS) is 10.7. The Kier molecular flexibility index (Phi) is 4.45. The van der Waals surface area contributed by atoms with E-state index in [-0.39, 0.29) is 0 Å². The topological polar surface area (TPSA) is 9.23 Å². The highest BCUT2D eigenvalue weighted by Gasteiger charge is 2.15. The van der Waals surface area contributed by atoms with Crippen molar-refractivity contribution >= 4 is 0 Å². The van der Waals surface area contributed by atoms with Gasteiger partial charge in [-0.25, -0.2) is 0 Å². The number of rotatable bonds is 5. The second-order valence-electron chi connectivity index (χ2n) is 4.84. The number of benzene rings is 3. The highest BCUT2D eigenvalue weighted by atomic mass is 16.5. The van der Waals surface area contributed by atoms with Gasteiger partial charge in [0.25, 0.3) is 0 Å². The van der Waals surface area contributed by atoms with Crippen molar-refractivity contribution in [3.8, 4) is 0 Å². The van der Waals surface area contributed by atoms with Crippen molar-refractivity contribution in [3.63, 3.8) is 0 Å². The zero-order valence-electron chi connectivity index (χ0n) is 11.8. The molecule has 1 nitrogen and oxygen atoms in total. The van der Waals surface area contributed by atoms with Gasteiger partial charge >= 0.3 is 0 Å².